The quantitative estimate of drug-likeness (QED) is 0.402. The Hall–Kier alpha value is -3.31. The number of thiophene rings is 1. The van der Waals surface area contributed by atoms with Crippen molar-refractivity contribution in [2.75, 3.05) is 31.2 Å². The van der Waals surface area contributed by atoms with Crippen molar-refractivity contribution in [1.29, 1.82) is 0 Å². The molecular weight excluding hydrogens is 528 g/mol. The van der Waals surface area contributed by atoms with Gasteiger partial charge in [-0.25, -0.2) is 13.2 Å². The zero-order valence-corrected chi connectivity index (χ0v) is 24.1. The maximum atomic E-state index is 13.7. The van der Waals surface area contributed by atoms with E-state index in [0.717, 1.165) is 15.6 Å². The van der Waals surface area contributed by atoms with Crippen LogP contribution in [0.15, 0.2) is 53.0 Å². The van der Waals surface area contributed by atoms with E-state index in [0.29, 0.717) is 40.9 Å². The third-order valence-electron chi connectivity index (χ3n) is 5.87. The number of hydrogen-bond acceptors (Lipinski definition) is 8. The average molecular weight is 563 g/mol. The minimum absolute atomic E-state index is 0.0677. The van der Waals surface area contributed by atoms with Crippen molar-refractivity contribution in [3.05, 3.63) is 57.8 Å². The number of anilines is 1. The molecule has 38 heavy (non-hydrogen) atoms. The monoisotopic (exact) mass is 562 g/mol. The van der Waals surface area contributed by atoms with Crippen molar-refractivity contribution >= 4 is 38.9 Å². The molecule has 1 aliphatic rings. The molecule has 0 aliphatic heterocycles. The molecule has 0 saturated heterocycles. The molecule has 1 N–H and O–H groups in total. The topological polar surface area (TPSA) is 111 Å². The van der Waals surface area contributed by atoms with Gasteiger partial charge in [0.2, 0.25) is 0 Å². The number of ether oxygens (including phenoxy) is 3. The molecule has 1 amide bonds. The predicted molar refractivity (Wildman–Crippen MR) is 148 cm³/mol. The van der Waals surface area contributed by atoms with Crippen LogP contribution in [0.2, 0.25) is 0 Å². The van der Waals surface area contributed by atoms with Crippen LogP contribution in [0.5, 0.6) is 11.5 Å². The summed E-state index contributed by atoms with van der Waals surface area (Å²) in [6, 6.07) is 5.87. The first-order valence-electron chi connectivity index (χ1n) is 12.4. The summed E-state index contributed by atoms with van der Waals surface area (Å²) in [4.78, 5) is 26.2. The minimum atomic E-state index is -4.11. The summed E-state index contributed by atoms with van der Waals surface area (Å²) in [5, 5.41) is 2.88. The Morgan fingerprint density at radius 3 is 2.39 bits per heavy atom. The highest BCUT2D eigenvalue weighted by molar-refractivity contribution is 7.93. The van der Waals surface area contributed by atoms with Gasteiger partial charge in [0.15, 0.2) is 11.5 Å². The van der Waals surface area contributed by atoms with Gasteiger partial charge in [0.1, 0.15) is 9.77 Å². The Kier molecular flexibility index (Phi) is 9.61. The van der Waals surface area contributed by atoms with E-state index in [9.17, 15) is 18.0 Å². The largest absolute Gasteiger partial charge is 0.490 e. The van der Waals surface area contributed by atoms with Gasteiger partial charge in [-0.1, -0.05) is 19.1 Å². The molecule has 11 heteroatoms. The molecule has 0 radical (unpaired) electrons. The van der Waals surface area contributed by atoms with E-state index in [1.807, 2.05) is 26.8 Å². The van der Waals surface area contributed by atoms with Gasteiger partial charge in [0.25, 0.3) is 15.9 Å². The van der Waals surface area contributed by atoms with Crippen LogP contribution >= 0.6 is 11.3 Å². The first-order chi connectivity index (χ1) is 18.0. The lowest BCUT2D eigenvalue weighted by Gasteiger charge is -2.24. The highest BCUT2D eigenvalue weighted by Gasteiger charge is 2.31. The van der Waals surface area contributed by atoms with E-state index >= 15 is 0 Å². The number of benzene rings is 1. The maximum absolute atomic E-state index is 13.7. The van der Waals surface area contributed by atoms with Gasteiger partial charge in [-0.3, -0.25) is 9.10 Å². The molecule has 3 rings (SSSR count). The van der Waals surface area contributed by atoms with E-state index in [1.54, 1.807) is 44.2 Å². The third-order valence-corrected chi connectivity index (χ3v) is 8.86. The zero-order valence-electron chi connectivity index (χ0n) is 22.4. The van der Waals surface area contributed by atoms with Crippen LogP contribution in [-0.4, -0.2) is 53.2 Å². The van der Waals surface area contributed by atoms with Crippen molar-refractivity contribution < 1.29 is 32.2 Å². The van der Waals surface area contributed by atoms with Crippen molar-refractivity contribution in [1.82, 2.24) is 5.32 Å². The Morgan fingerprint density at radius 1 is 1.05 bits per heavy atom. The summed E-state index contributed by atoms with van der Waals surface area (Å²) in [6.07, 6.45) is 5.11. The molecule has 1 aliphatic carbocycles. The summed E-state index contributed by atoms with van der Waals surface area (Å²) in [5.41, 5.74) is 0.700. The van der Waals surface area contributed by atoms with Crippen LogP contribution in [0.25, 0.3) is 0 Å². The lowest BCUT2D eigenvalue weighted by Crippen LogP contribution is -2.39. The standard InChI is InChI=1S/C27H34N2O7S2/c1-7-34-22-13-12-20(16-23(22)35-8-2)29(6)38(32,33)24-14-18(5)37-25(24)26(30)28-21-15-19(11-10-17(21)4)27(31)36-9-3/h10-17,21H,7-9H2,1-6H3,(H,28,30). The number of nitrogens with zero attached hydrogens (tertiary/aromatic N) is 1. The van der Waals surface area contributed by atoms with Crippen LogP contribution in [0.1, 0.15) is 42.2 Å². The van der Waals surface area contributed by atoms with Crippen molar-refractivity contribution in [2.24, 2.45) is 5.92 Å². The molecule has 2 unspecified atom stereocenters. The lowest BCUT2D eigenvalue weighted by atomic mass is 9.93. The number of carbonyl (C=O) groups is 2. The molecule has 0 spiro atoms. The van der Waals surface area contributed by atoms with Crippen LogP contribution < -0.4 is 19.1 Å². The van der Waals surface area contributed by atoms with Gasteiger partial charge in [0.05, 0.1) is 37.1 Å². The van der Waals surface area contributed by atoms with Crippen LogP contribution in [-0.2, 0) is 19.6 Å². The fraction of sp³-hybridized carbons (Fsp3) is 0.407. The van der Waals surface area contributed by atoms with Gasteiger partial charge < -0.3 is 19.5 Å². The smallest absolute Gasteiger partial charge is 0.337 e. The zero-order chi connectivity index (χ0) is 28.0. The highest BCUT2D eigenvalue weighted by atomic mass is 32.2. The third kappa shape index (κ3) is 6.39. The number of nitrogens with one attached hydrogen (secondary N) is 1. The number of amides is 1. The van der Waals surface area contributed by atoms with Gasteiger partial charge in [-0.05, 0) is 57.9 Å². The summed E-state index contributed by atoms with van der Waals surface area (Å²) in [5.74, 6) is -0.184. The number of sulfonamides is 1. The first kappa shape index (κ1) is 29.2. The molecule has 1 heterocycles. The fourth-order valence-electron chi connectivity index (χ4n) is 3.88. The summed E-state index contributed by atoms with van der Waals surface area (Å²) in [7, 11) is -2.68. The lowest BCUT2D eigenvalue weighted by molar-refractivity contribution is -0.138. The second kappa shape index (κ2) is 12.5. The molecule has 206 valence electrons. The Bertz CT molecular complexity index is 1350. The van der Waals surface area contributed by atoms with Crippen LogP contribution in [0.4, 0.5) is 5.69 Å². The molecule has 0 saturated carbocycles. The van der Waals surface area contributed by atoms with Gasteiger partial charge >= 0.3 is 5.97 Å². The number of hydrogen-bond donors (Lipinski definition) is 1. The van der Waals surface area contributed by atoms with E-state index in [4.69, 9.17) is 14.2 Å². The second-order valence-corrected chi connectivity index (χ2v) is 11.8. The van der Waals surface area contributed by atoms with Crippen molar-refractivity contribution in [3.8, 4) is 11.5 Å². The van der Waals surface area contributed by atoms with Gasteiger partial charge in [0, 0.05) is 18.0 Å². The van der Waals surface area contributed by atoms with Crippen molar-refractivity contribution in [3.63, 3.8) is 0 Å². The second-order valence-electron chi connectivity index (χ2n) is 8.58. The molecule has 2 aromatic rings. The summed E-state index contributed by atoms with van der Waals surface area (Å²) >= 11 is 1.09. The minimum Gasteiger partial charge on any atom is -0.490 e. The fourth-order valence-corrected chi connectivity index (χ4v) is 6.54. The number of rotatable bonds is 11. The molecule has 9 nitrogen and oxygen atoms in total. The van der Waals surface area contributed by atoms with Crippen molar-refractivity contribution in [2.45, 2.75) is 45.6 Å². The van der Waals surface area contributed by atoms with Crippen LogP contribution in [0, 0.1) is 12.8 Å². The van der Waals surface area contributed by atoms with Crippen LogP contribution in [0.3, 0.4) is 0 Å². The SMILES string of the molecule is CCOC(=O)C1=CC(NC(=O)c2sc(C)cc2S(=O)(=O)N(C)c2ccc(OCC)c(OCC)c2)C(C)C=C1. The number of esters is 1. The molecule has 0 bridgehead atoms. The highest BCUT2D eigenvalue weighted by Crippen LogP contribution is 2.35. The average Bonchev–Trinajstić information content (AvgIpc) is 3.29. The molecular formula is C27H34N2O7S2. The summed E-state index contributed by atoms with van der Waals surface area (Å²) in [6.45, 7) is 10.1. The predicted octanol–water partition coefficient (Wildman–Crippen LogP) is 4.47. The molecule has 2 atom stereocenters. The van der Waals surface area contributed by atoms with Gasteiger partial charge in [-0.2, -0.15) is 0 Å². The maximum Gasteiger partial charge on any atom is 0.337 e. The van der Waals surface area contributed by atoms with E-state index in [-0.39, 0.29) is 22.3 Å². The number of carbonyl (C=O) groups excluding carboxylic acids is 2. The Labute approximate surface area is 228 Å². The Balaban J connectivity index is 1.91. The van der Waals surface area contributed by atoms with E-state index < -0.39 is 27.9 Å². The molecule has 1 aromatic heterocycles. The Morgan fingerprint density at radius 2 is 1.74 bits per heavy atom. The number of aryl methyl sites for hydroxylation is 1. The van der Waals surface area contributed by atoms with Gasteiger partial charge in [-0.15, -0.1) is 11.3 Å². The normalized spacial score (nSPS) is 16.9. The summed E-state index contributed by atoms with van der Waals surface area (Å²) < 4.78 is 44.8. The molecule has 1 aromatic carbocycles. The van der Waals surface area contributed by atoms with E-state index in [1.165, 1.54) is 13.1 Å². The van der Waals surface area contributed by atoms with E-state index in [2.05, 4.69) is 5.32 Å². The first-order valence-corrected chi connectivity index (χ1v) is 14.7. The molecule has 0 fully saturated rings.